The fourth-order valence-corrected chi connectivity index (χ4v) is 8.56. The molecule has 2 bridgehead atoms. The van der Waals surface area contributed by atoms with E-state index in [1.54, 1.807) is 43.0 Å². The Morgan fingerprint density at radius 3 is 2.58 bits per heavy atom. The number of nitrogens with one attached hydrogen (secondary N) is 2. The van der Waals surface area contributed by atoms with Gasteiger partial charge in [0.15, 0.2) is 0 Å². The average molecular weight is 538 g/mol. The van der Waals surface area contributed by atoms with E-state index in [0.717, 1.165) is 23.3 Å². The second kappa shape index (κ2) is 10.3. The van der Waals surface area contributed by atoms with Gasteiger partial charge in [0, 0.05) is 16.6 Å². The predicted octanol–water partition coefficient (Wildman–Crippen LogP) is 3.75. The third-order valence-corrected chi connectivity index (χ3v) is 10.1. The van der Waals surface area contributed by atoms with Crippen LogP contribution in [-0.4, -0.2) is 63.0 Å². The number of ether oxygens (including phenoxy) is 1. The van der Waals surface area contributed by atoms with Gasteiger partial charge in [0.25, 0.3) is 0 Å². The zero-order valence-corrected chi connectivity index (χ0v) is 23.0. The quantitative estimate of drug-likeness (QED) is 0.473. The highest BCUT2D eigenvalue weighted by molar-refractivity contribution is 8.02. The molecule has 2 aromatic carbocycles. The van der Waals surface area contributed by atoms with Gasteiger partial charge in [-0.25, -0.2) is 0 Å². The van der Waals surface area contributed by atoms with E-state index < -0.39 is 28.7 Å². The van der Waals surface area contributed by atoms with E-state index >= 15 is 0 Å². The minimum atomic E-state index is -0.777. The normalized spacial score (nSPS) is 28.2. The molecule has 0 aliphatic carbocycles. The average Bonchev–Trinajstić information content (AvgIpc) is 3.54. The van der Waals surface area contributed by atoms with Crippen molar-refractivity contribution < 1.29 is 24.2 Å². The molecule has 202 valence electrons. The summed E-state index contributed by atoms with van der Waals surface area (Å²) in [6.45, 7) is 7.85. The highest BCUT2D eigenvalue weighted by Gasteiger charge is 2.74. The molecule has 0 aromatic heterocycles. The van der Waals surface area contributed by atoms with Crippen molar-refractivity contribution in [1.29, 1.82) is 0 Å². The number of carbonyl (C=O) groups is 3. The van der Waals surface area contributed by atoms with E-state index in [0.29, 0.717) is 24.4 Å². The molecule has 3 amide bonds. The second-order valence-corrected chi connectivity index (χ2v) is 12.2. The van der Waals surface area contributed by atoms with Gasteiger partial charge in [-0.15, -0.1) is 11.8 Å². The number of anilines is 2. The zero-order valence-electron chi connectivity index (χ0n) is 22.2. The van der Waals surface area contributed by atoms with Gasteiger partial charge >= 0.3 is 0 Å². The maximum Gasteiger partial charge on any atom is 0.248 e. The Balaban J connectivity index is 1.44. The van der Waals surface area contributed by atoms with Crippen LogP contribution in [0.25, 0.3) is 0 Å². The smallest absolute Gasteiger partial charge is 0.248 e. The van der Waals surface area contributed by atoms with Gasteiger partial charge in [0.05, 0.1) is 35.8 Å². The first kappa shape index (κ1) is 26.6. The Morgan fingerprint density at radius 2 is 1.89 bits per heavy atom. The fourth-order valence-electron chi connectivity index (χ4n) is 6.35. The number of nitrogens with zero attached hydrogens (tertiary/aromatic N) is 1. The molecule has 38 heavy (non-hydrogen) atoms. The predicted molar refractivity (Wildman–Crippen MR) is 148 cm³/mol. The molecule has 3 N–H and O–H groups in total. The van der Waals surface area contributed by atoms with Gasteiger partial charge in [0.1, 0.15) is 11.8 Å². The Morgan fingerprint density at radius 1 is 1.16 bits per heavy atom. The molecule has 5 rings (SSSR count). The van der Waals surface area contributed by atoms with E-state index in [2.05, 4.69) is 10.6 Å². The lowest BCUT2D eigenvalue weighted by Crippen LogP contribution is -2.54. The van der Waals surface area contributed by atoms with Crippen molar-refractivity contribution in [2.24, 2.45) is 11.8 Å². The summed E-state index contributed by atoms with van der Waals surface area (Å²) >= 11 is 1.61. The molecule has 3 saturated heterocycles. The third-order valence-electron chi connectivity index (χ3n) is 8.11. The summed E-state index contributed by atoms with van der Waals surface area (Å²) in [5, 5.41) is 16.0. The van der Waals surface area contributed by atoms with Gasteiger partial charge in [-0.05, 0) is 82.0 Å². The molecule has 8 nitrogen and oxygen atoms in total. The van der Waals surface area contributed by atoms with Crippen molar-refractivity contribution in [3.8, 4) is 5.75 Å². The van der Waals surface area contributed by atoms with Crippen LogP contribution in [0.2, 0.25) is 0 Å². The Hall–Kier alpha value is -3.04. The molecule has 3 aliphatic rings. The van der Waals surface area contributed by atoms with Crippen molar-refractivity contribution in [2.75, 3.05) is 23.8 Å². The van der Waals surface area contributed by atoms with E-state index in [4.69, 9.17) is 4.74 Å². The van der Waals surface area contributed by atoms with E-state index in [-0.39, 0.29) is 29.6 Å². The van der Waals surface area contributed by atoms with Crippen LogP contribution >= 0.6 is 11.8 Å². The summed E-state index contributed by atoms with van der Waals surface area (Å²) in [5.41, 5.74) is 3.30. The molecule has 3 fully saturated rings. The van der Waals surface area contributed by atoms with Crippen LogP contribution in [0.15, 0.2) is 42.5 Å². The first-order chi connectivity index (χ1) is 18.2. The second-order valence-electron chi connectivity index (χ2n) is 10.6. The largest absolute Gasteiger partial charge is 0.494 e. The van der Waals surface area contributed by atoms with Gasteiger partial charge in [0.2, 0.25) is 17.7 Å². The summed E-state index contributed by atoms with van der Waals surface area (Å²) in [4.78, 5) is 43.0. The minimum Gasteiger partial charge on any atom is -0.494 e. The number of hydrogen-bond acceptors (Lipinski definition) is 6. The third kappa shape index (κ3) is 4.35. The van der Waals surface area contributed by atoms with Crippen molar-refractivity contribution >= 4 is 40.9 Å². The number of amides is 3. The Labute approximate surface area is 227 Å². The van der Waals surface area contributed by atoms with Gasteiger partial charge < -0.3 is 25.4 Å². The summed E-state index contributed by atoms with van der Waals surface area (Å²) < 4.78 is 4.77. The molecule has 6 atom stereocenters. The molecule has 2 aromatic rings. The van der Waals surface area contributed by atoms with Crippen LogP contribution in [0.1, 0.15) is 37.8 Å². The number of aliphatic hydroxyl groups excluding tert-OH is 1. The molecule has 9 heteroatoms. The van der Waals surface area contributed by atoms with Gasteiger partial charge in [-0.2, -0.15) is 0 Å². The number of carbonyl (C=O) groups excluding carboxylic acids is 3. The van der Waals surface area contributed by atoms with E-state index in [1.165, 1.54) is 4.90 Å². The van der Waals surface area contributed by atoms with Crippen LogP contribution in [0.4, 0.5) is 11.4 Å². The van der Waals surface area contributed by atoms with E-state index in [1.807, 2.05) is 39.0 Å². The van der Waals surface area contributed by atoms with Crippen molar-refractivity contribution in [3.05, 3.63) is 53.6 Å². The summed E-state index contributed by atoms with van der Waals surface area (Å²) in [5.74, 6) is -1.17. The van der Waals surface area contributed by atoms with E-state index in [9.17, 15) is 19.5 Å². The number of rotatable bonds is 8. The first-order valence-corrected chi connectivity index (χ1v) is 14.1. The lowest BCUT2D eigenvalue weighted by molar-refractivity contribution is -0.140. The van der Waals surface area contributed by atoms with Crippen molar-refractivity contribution in [3.63, 3.8) is 0 Å². The monoisotopic (exact) mass is 537 g/mol. The standard InChI is InChI=1S/C29H35N3O5S/c1-5-37-20-10-8-19(9-11-20)30-26(34)23-22-12-13-29(38-22)24(23)28(36)32(18(4)15-33)25(29)27(35)31-21-14-16(2)6-7-17(21)3/h6-11,14,18,22-25,33H,5,12-13,15H2,1-4H3,(H,30,34)(H,31,35)/t18-,22+,23-,24+,25?,29?/m1/s1. The van der Waals surface area contributed by atoms with Crippen LogP contribution in [0.3, 0.4) is 0 Å². The molecular weight excluding hydrogens is 502 g/mol. The number of thioether (sulfide) groups is 1. The van der Waals surface area contributed by atoms with Crippen LogP contribution < -0.4 is 15.4 Å². The fraction of sp³-hybridized carbons (Fsp3) is 0.483. The summed E-state index contributed by atoms with van der Waals surface area (Å²) in [6.07, 6.45) is 1.43. The Bertz CT molecular complexity index is 1250. The maximum atomic E-state index is 14.0. The molecular formula is C29H35N3O5S. The highest BCUT2D eigenvalue weighted by Crippen LogP contribution is 2.66. The molecule has 0 radical (unpaired) electrons. The number of hydrogen-bond donors (Lipinski definition) is 3. The van der Waals surface area contributed by atoms with Crippen molar-refractivity contribution in [1.82, 2.24) is 4.90 Å². The highest BCUT2D eigenvalue weighted by atomic mass is 32.2. The van der Waals surface area contributed by atoms with Crippen LogP contribution in [0.5, 0.6) is 5.75 Å². The van der Waals surface area contributed by atoms with Gasteiger partial charge in [-0.1, -0.05) is 12.1 Å². The maximum absolute atomic E-state index is 14.0. The number of likely N-dealkylation sites (tertiary alicyclic amines) is 1. The number of aryl methyl sites for hydroxylation is 2. The van der Waals surface area contributed by atoms with Crippen LogP contribution in [0, 0.1) is 25.7 Å². The molecule has 3 aliphatic heterocycles. The Kier molecular flexibility index (Phi) is 7.17. The topological polar surface area (TPSA) is 108 Å². The zero-order chi connectivity index (χ0) is 27.2. The number of aliphatic hydroxyl groups is 1. The lowest BCUT2D eigenvalue weighted by atomic mass is 9.70. The SMILES string of the molecule is CCOc1ccc(NC(=O)[C@@H]2[C@@H]3CCC4(S3)C(C(=O)Nc3cc(C)ccc3C)N([C@H](C)CO)C(=O)[C@H]24)cc1. The molecule has 3 heterocycles. The number of fused-ring (bicyclic) bond motifs is 1. The minimum absolute atomic E-state index is 0.0470. The van der Waals surface area contributed by atoms with Crippen molar-refractivity contribution in [2.45, 2.75) is 62.6 Å². The summed E-state index contributed by atoms with van der Waals surface area (Å²) in [7, 11) is 0. The molecule has 0 saturated carbocycles. The van der Waals surface area contributed by atoms with Crippen LogP contribution in [-0.2, 0) is 14.4 Å². The molecule has 1 spiro atoms. The summed E-state index contributed by atoms with van der Waals surface area (Å²) in [6, 6.07) is 11.7. The lowest BCUT2D eigenvalue weighted by Gasteiger charge is -2.36. The molecule has 2 unspecified atom stereocenters. The first-order valence-electron chi connectivity index (χ1n) is 13.2. The number of benzene rings is 2. The van der Waals surface area contributed by atoms with Gasteiger partial charge in [-0.3, -0.25) is 14.4 Å².